The Morgan fingerprint density at radius 2 is 0.782 bits per heavy atom. The van der Waals surface area contributed by atoms with Crippen LogP contribution in [0.15, 0.2) is 0 Å². The van der Waals surface area contributed by atoms with Gasteiger partial charge in [-0.25, -0.2) is 0 Å². The van der Waals surface area contributed by atoms with Crippen LogP contribution in [0.3, 0.4) is 0 Å². The average molecular weight is 980 g/mol. The number of rotatable bonds is 36. The van der Waals surface area contributed by atoms with Crippen LogP contribution in [0.4, 0.5) is 0 Å². The van der Waals surface area contributed by atoms with Gasteiger partial charge in [0.2, 0.25) is 11.8 Å². The molecule has 14 nitrogen and oxygen atoms in total. The SMILES string of the molecule is CCCC(=O)CCN(CCNC(=O)CCN(CCC[Si](O)(O)O)CCC(=O)NCCN(CCC(=O)CCS)CCC(=O)CCS)CCC(=O)CCS.[Fe].[Fe].[Fe]. The van der Waals surface area contributed by atoms with Crippen molar-refractivity contribution >= 4 is 81.6 Å². The van der Waals surface area contributed by atoms with Crippen molar-refractivity contribution in [3.8, 4) is 0 Å². The zero-order chi connectivity index (χ0) is 39.2. The van der Waals surface area contributed by atoms with Crippen molar-refractivity contribution in [1.29, 1.82) is 0 Å². The molecule has 0 unspecified atom stereocenters. The maximum atomic E-state index is 12.8. The summed E-state index contributed by atoms with van der Waals surface area (Å²) < 4.78 is 0. The molecule has 0 bridgehead atoms. The monoisotopic (exact) mass is 979 g/mol. The van der Waals surface area contributed by atoms with Crippen LogP contribution in [0.25, 0.3) is 0 Å². The van der Waals surface area contributed by atoms with Crippen molar-refractivity contribution in [2.24, 2.45) is 0 Å². The first-order chi connectivity index (χ1) is 24.7. The van der Waals surface area contributed by atoms with E-state index < -0.39 is 8.80 Å². The first kappa shape index (κ1) is 61.9. The number of amides is 2. The molecule has 0 fully saturated rings. The van der Waals surface area contributed by atoms with Crippen molar-refractivity contribution in [3.05, 3.63) is 0 Å². The minimum atomic E-state index is -4.24. The molecule has 0 atom stereocenters. The van der Waals surface area contributed by atoms with Gasteiger partial charge in [-0.2, -0.15) is 37.9 Å². The number of carbonyl (C=O) groups is 6. The van der Waals surface area contributed by atoms with E-state index >= 15 is 0 Å². The maximum Gasteiger partial charge on any atom is 0.492 e. The summed E-state index contributed by atoms with van der Waals surface area (Å²) in [5.41, 5.74) is 0. The molecule has 0 spiro atoms. The van der Waals surface area contributed by atoms with E-state index in [9.17, 15) is 43.2 Å². The topological polar surface area (TPSA) is 197 Å². The van der Waals surface area contributed by atoms with Crippen LogP contribution in [0.5, 0.6) is 0 Å². The summed E-state index contributed by atoms with van der Waals surface area (Å²) >= 11 is 12.3. The average Bonchev–Trinajstić information content (AvgIpc) is 3.07. The van der Waals surface area contributed by atoms with Crippen LogP contribution in [0, 0.1) is 0 Å². The van der Waals surface area contributed by atoms with E-state index in [2.05, 4.69) is 48.5 Å². The summed E-state index contributed by atoms with van der Waals surface area (Å²) in [7, 11) is -4.24. The molecule has 0 rings (SSSR count). The summed E-state index contributed by atoms with van der Waals surface area (Å²) in [5, 5.41) is 5.77. The predicted octanol–water partition coefficient (Wildman–Crippen LogP) is 0.800. The molecule has 55 heavy (non-hydrogen) atoms. The van der Waals surface area contributed by atoms with Crippen molar-refractivity contribution < 1.29 is 94.4 Å². The van der Waals surface area contributed by atoms with Gasteiger partial charge in [0.15, 0.2) is 0 Å². The number of nitrogens with one attached hydrogen (secondary N) is 2. The molecule has 0 aromatic rings. The molecule has 21 heteroatoms. The van der Waals surface area contributed by atoms with E-state index in [0.29, 0.717) is 141 Å². The molecule has 0 heterocycles. The third-order valence-electron chi connectivity index (χ3n) is 8.33. The van der Waals surface area contributed by atoms with Gasteiger partial charge in [-0.3, -0.25) is 28.8 Å². The van der Waals surface area contributed by atoms with Crippen LogP contribution < -0.4 is 10.6 Å². The molecular formula is C34H65Fe3N5O9S3Si. The van der Waals surface area contributed by atoms with Crippen LogP contribution in [0.1, 0.15) is 84.0 Å². The third-order valence-corrected chi connectivity index (χ3v) is 10.0. The van der Waals surface area contributed by atoms with E-state index in [4.69, 9.17) is 0 Å². The number of carbonyl (C=O) groups excluding carboxylic acids is 6. The Balaban J connectivity index is -0.00000433. The Hall–Kier alpha value is 0.205. The molecule has 0 radical (unpaired) electrons. The number of hydrogen-bond donors (Lipinski definition) is 8. The summed E-state index contributed by atoms with van der Waals surface area (Å²) in [6.45, 7) is 6.45. The fourth-order valence-corrected chi connectivity index (χ4v) is 6.61. The van der Waals surface area contributed by atoms with Crippen LogP contribution >= 0.6 is 37.9 Å². The largest absolute Gasteiger partial charge is 0.492 e. The van der Waals surface area contributed by atoms with Crippen molar-refractivity contribution in [2.45, 2.75) is 90.0 Å². The second-order valence-electron chi connectivity index (χ2n) is 12.9. The number of hydrogen-bond acceptors (Lipinski definition) is 15. The zero-order valence-electron chi connectivity index (χ0n) is 32.1. The van der Waals surface area contributed by atoms with E-state index in [1.165, 1.54) is 0 Å². The molecule has 0 saturated carbocycles. The number of thiol groups is 3. The summed E-state index contributed by atoms with van der Waals surface area (Å²) in [5.74, 6) is 1.46. The standard InChI is InChI=1S/C34H65N5O9S3Si.3Fe/c1-2-4-29(40)5-17-38(18-6-30(41)11-25-49)23-14-35-33(44)9-21-37(16-3-28-52(46,47)48)22-10-34(45)36-15-24-39(19-7-31(42)12-26-50)20-8-32(43)13-27-51;;;/h46-51H,2-28H2,1H3,(H,35,44)(H,36,45);;;. The van der Waals surface area contributed by atoms with Gasteiger partial charge in [0.05, 0.1) is 0 Å². The van der Waals surface area contributed by atoms with Gasteiger partial charge in [0.25, 0.3) is 0 Å². The molecule has 0 aromatic carbocycles. The first-order valence-corrected chi connectivity index (χ1v) is 22.4. The maximum absolute atomic E-state index is 12.8. The minimum Gasteiger partial charge on any atom is -0.390 e. The van der Waals surface area contributed by atoms with Gasteiger partial charge < -0.3 is 39.7 Å². The fraction of sp³-hybridized carbons (Fsp3) is 0.824. The molecule has 0 aliphatic carbocycles. The van der Waals surface area contributed by atoms with Gasteiger partial charge in [0, 0.05) is 187 Å². The molecule has 5 N–H and O–H groups in total. The van der Waals surface area contributed by atoms with E-state index in [1.54, 1.807) is 0 Å². The molecule has 0 aliphatic heterocycles. The molecule has 0 aliphatic rings. The van der Waals surface area contributed by atoms with Gasteiger partial charge in [-0.15, -0.1) is 0 Å². The van der Waals surface area contributed by atoms with E-state index in [1.807, 2.05) is 21.6 Å². The van der Waals surface area contributed by atoms with Crippen molar-refractivity contribution in [3.63, 3.8) is 0 Å². The summed E-state index contributed by atoms with van der Waals surface area (Å²) in [6, 6.07) is -0.169. The molecule has 0 saturated heterocycles. The second kappa shape index (κ2) is 39.7. The van der Waals surface area contributed by atoms with Crippen LogP contribution in [-0.2, 0) is 80.0 Å². The zero-order valence-corrected chi connectivity index (χ0v) is 39.1. The summed E-state index contributed by atoms with van der Waals surface area (Å²) in [6.07, 6.45) is 4.38. The smallest absolute Gasteiger partial charge is 0.390 e. The molecule has 326 valence electrons. The van der Waals surface area contributed by atoms with E-state index in [-0.39, 0.29) is 111 Å². The Labute approximate surface area is 378 Å². The number of Topliss-reactive ketones (excluding diaryl/α,β-unsaturated/α-hetero) is 4. The Bertz CT molecular complexity index is 959. The van der Waals surface area contributed by atoms with E-state index in [0.717, 1.165) is 6.42 Å². The van der Waals surface area contributed by atoms with Crippen molar-refractivity contribution in [2.75, 3.05) is 89.3 Å². The minimum absolute atomic E-state index is 0. The quantitative estimate of drug-likeness (QED) is 0.0326. The van der Waals surface area contributed by atoms with Crippen LogP contribution in [-0.4, -0.2) is 162 Å². The van der Waals surface area contributed by atoms with Crippen LogP contribution in [0.2, 0.25) is 6.04 Å². The third kappa shape index (κ3) is 39.4. The number of ketones is 4. The van der Waals surface area contributed by atoms with Gasteiger partial charge in [-0.1, -0.05) is 6.92 Å². The normalized spacial score (nSPS) is 11.1. The van der Waals surface area contributed by atoms with Crippen molar-refractivity contribution in [1.82, 2.24) is 25.3 Å². The molecule has 2 amide bonds. The van der Waals surface area contributed by atoms with Gasteiger partial charge in [-0.05, 0) is 36.6 Å². The summed E-state index contributed by atoms with van der Waals surface area (Å²) in [4.78, 5) is 108. The fourth-order valence-electron chi connectivity index (χ4n) is 5.23. The Kier molecular flexibility index (Phi) is 44.6. The Morgan fingerprint density at radius 1 is 0.473 bits per heavy atom. The number of nitrogens with zero attached hydrogens (tertiary/aromatic N) is 3. The second-order valence-corrected chi connectivity index (χ2v) is 16.3. The molecular weight excluding hydrogens is 914 g/mol. The Morgan fingerprint density at radius 3 is 1.09 bits per heavy atom. The van der Waals surface area contributed by atoms with Gasteiger partial charge >= 0.3 is 8.80 Å². The molecule has 0 aromatic heterocycles. The van der Waals surface area contributed by atoms with Gasteiger partial charge in [0.1, 0.15) is 23.1 Å². The predicted molar refractivity (Wildman–Crippen MR) is 215 cm³/mol. The first-order valence-electron chi connectivity index (χ1n) is 18.5.